The maximum absolute atomic E-state index is 11.0. The lowest BCUT2D eigenvalue weighted by molar-refractivity contribution is -0.146. The third-order valence-electron chi connectivity index (χ3n) is 3.64. The zero-order valence-electron chi connectivity index (χ0n) is 21.9. The maximum Gasteiger partial charge on any atom is 0.330 e. The Morgan fingerprint density at radius 2 is 0.596 bits per heavy atom. The van der Waals surface area contributed by atoms with Crippen LogP contribution in [0.15, 0.2) is 63.3 Å². The van der Waals surface area contributed by atoms with Crippen LogP contribution in [0.4, 0.5) is 0 Å². The monoisotopic (exact) mass is 684 g/mol. The fourth-order valence-corrected chi connectivity index (χ4v) is 1.91. The van der Waals surface area contributed by atoms with E-state index in [-0.39, 0.29) is 125 Å². The largest absolute Gasteiger partial charge is 0.460 e. The molecule has 0 aliphatic heterocycles. The van der Waals surface area contributed by atoms with E-state index in [1.165, 1.54) is 0 Å². The average Bonchev–Trinajstić information content (AvgIpc) is 2.95. The van der Waals surface area contributed by atoms with Crippen molar-refractivity contribution in [1.29, 1.82) is 0 Å². The van der Waals surface area contributed by atoms with Gasteiger partial charge in [-0.15, -0.1) is 0 Å². The number of carbonyl (C=O) groups is 5. The van der Waals surface area contributed by atoms with Crippen LogP contribution in [-0.4, -0.2) is 102 Å². The summed E-state index contributed by atoms with van der Waals surface area (Å²) in [6.07, 6.45) is 4.79. The molecule has 47 heavy (non-hydrogen) atoms. The van der Waals surface area contributed by atoms with Crippen LogP contribution >= 0.6 is 0 Å². The molecule has 0 aromatic rings. The highest BCUT2D eigenvalue weighted by molar-refractivity contribution is 5.82. The predicted molar refractivity (Wildman–Crippen MR) is 191 cm³/mol. The highest BCUT2D eigenvalue weighted by Crippen LogP contribution is 1.97. The second-order valence-corrected chi connectivity index (χ2v) is 6.50. The van der Waals surface area contributed by atoms with Gasteiger partial charge in [-0.05, 0) is 0 Å². The van der Waals surface area contributed by atoms with E-state index in [1.54, 1.807) is 0 Å². The molecule has 0 fully saturated rings. The quantitative estimate of drug-likeness (QED) is 0.0555. The van der Waals surface area contributed by atoms with Gasteiger partial charge in [-0.25, -0.2) is 24.0 Å². The van der Waals surface area contributed by atoms with Crippen molar-refractivity contribution in [2.45, 2.75) is 65.5 Å². The molecule has 0 amide bonds. The molecule has 0 bridgehead atoms. The molecule has 0 radical (unpaired) electrons. The van der Waals surface area contributed by atoms with Gasteiger partial charge in [0.25, 0.3) is 0 Å². The Balaban J connectivity index is -0.0000000747. The smallest absolute Gasteiger partial charge is 0.330 e. The van der Waals surface area contributed by atoms with Crippen molar-refractivity contribution in [2.75, 3.05) is 66.1 Å². The summed E-state index contributed by atoms with van der Waals surface area (Å²) in [5, 5.41) is 0. The number of hydrogen-bond donors (Lipinski definition) is 0. The van der Waals surface area contributed by atoms with Gasteiger partial charge in [-0.2, -0.15) is 0 Å². The van der Waals surface area contributed by atoms with Crippen molar-refractivity contribution in [3.8, 4) is 0 Å². The second kappa shape index (κ2) is 51.5. The van der Waals surface area contributed by atoms with E-state index >= 15 is 0 Å². The van der Waals surface area contributed by atoms with E-state index in [9.17, 15) is 24.0 Å². The van der Waals surface area contributed by atoms with Gasteiger partial charge in [0, 0.05) is 30.4 Å². The molecular weight excluding hydrogens is 616 g/mol. The first-order valence-electron chi connectivity index (χ1n) is 11.5. The average molecular weight is 685 g/mol. The molecule has 282 valence electrons. The first-order chi connectivity index (χ1) is 18.7. The van der Waals surface area contributed by atoms with Crippen LogP contribution < -0.4 is 0 Å². The molecule has 0 spiro atoms. The van der Waals surface area contributed by atoms with Crippen LogP contribution in [0.3, 0.4) is 0 Å². The van der Waals surface area contributed by atoms with Crippen LogP contribution in [0.5, 0.6) is 0 Å². The van der Waals surface area contributed by atoms with E-state index in [0.717, 1.165) is 30.4 Å². The Morgan fingerprint density at radius 3 is 0.830 bits per heavy atom. The van der Waals surface area contributed by atoms with E-state index in [0.29, 0.717) is 0 Å². The zero-order chi connectivity index (χ0) is 29.7. The molecule has 0 rings (SSSR count). The Hall–Kier alpha value is -4.07. The minimum absolute atomic E-state index is 0. The van der Waals surface area contributed by atoms with E-state index < -0.39 is 36.0 Å². The lowest BCUT2D eigenvalue weighted by atomic mass is 10.4. The lowest BCUT2D eigenvalue weighted by Gasteiger charge is -2.18. The van der Waals surface area contributed by atoms with E-state index in [2.05, 4.69) is 42.4 Å². The normalized spacial score (nSPS) is 7.94. The number of hydrogen-bond acceptors (Lipinski definition) is 13. The van der Waals surface area contributed by atoms with Crippen molar-refractivity contribution in [1.82, 2.24) is 0 Å². The van der Waals surface area contributed by atoms with Gasteiger partial charge >= 0.3 is 29.8 Å². The van der Waals surface area contributed by atoms with Crippen molar-refractivity contribution < 1.29 is 61.9 Å². The molecule has 0 aliphatic carbocycles. The molecule has 0 aromatic heterocycles. The Labute approximate surface area is 286 Å². The van der Waals surface area contributed by atoms with Gasteiger partial charge in [-0.1, -0.05) is 92.3 Å². The first-order valence-corrected chi connectivity index (χ1v) is 11.5. The Kier molecular flexibility index (Phi) is 76.3. The van der Waals surface area contributed by atoms with Gasteiger partial charge in [0.15, 0.2) is 0 Å². The summed E-state index contributed by atoms with van der Waals surface area (Å²) < 4.78 is 39.7. The van der Waals surface area contributed by atoms with Crippen LogP contribution in [0.25, 0.3) is 0 Å². The van der Waals surface area contributed by atoms with Gasteiger partial charge < -0.3 is 37.9 Å². The summed E-state index contributed by atoms with van der Waals surface area (Å²) in [4.78, 5) is 53.6. The topological polar surface area (TPSA) is 159 Å². The van der Waals surface area contributed by atoms with E-state index in [1.807, 2.05) is 0 Å². The summed E-state index contributed by atoms with van der Waals surface area (Å²) in [6.45, 7) is 17.3. The van der Waals surface area contributed by atoms with Gasteiger partial charge in [0.1, 0.15) is 39.1 Å². The number of ether oxygens (including phenoxy) is 8. The summed E-state index contributed by atoms with van der Waals surface area (Å²) in [5.74, 6) is -2.69. The molecule has 0 aromatic carbocycles. The second-order valence-electron chi connectivity index (χ2n) is 6.50. The predicted octanol–water partition coefficient (Wildman–Crippen LogP) is 6.13. The molecule has 0 saturated carbocycles. The molecule has 0 saturated heterocycles. The molecular formula is C34H68O13. The standard InChI is InChI=1S/C18H26O9.C8H10O4.8CH4/c1-4-16(19)25-9-7-22-13-15(24-11-12-27-18(21)6-3)14-23-8-10-26-17(20)5-2;1-3-7(9)11-5-6-12-8(10)4-2;;;;;;;;/h4-6,15H,1-3,7-14H2;3-4H,1-2,5-6H2;8*1H4. The van der Waals surface area contributed by atoms with Crippen molar-refractivity contribution in [3.05, 3.63) is 63.3 Å². The van der Waals surface area contributed by atoms with Gasteiger partial charge in [-0.3, -0.25) is 0 Å². The van der Waals surface area contributed by atoms with Crippen LogP contribution in [0, 0.1) is 0 Å². The SMILES string of the molecule is C.C.C.C.C.C.C.C.C=CC(=O)OCCOC(=O)C=C.C=CC(=O)OCCOCC(COCCOC(=O)C=C)OCCOC(=O)C=C. The molecule has 0 N–H and O–H groups in total. The summed E-state index contributed by atoms with van der Waals surface area (Å²) in [7, 11) is 0. The first kappa shape index (κ1) is 69.6. The van der Waals surface area contributed by atoms with Crippen molar-refractivity contribution in [3.63, 3.8) is 0 Å². The van der Waals surface area contributed by atoms with Crippen LogP contribution in [0.2, 0.25) is 0 Å². The Morgan fingerprint density at radius 1 is 0.383 bits per heavy atom. The molecule has 13 heteroatoms. The highest BCUT2D eigenvalue weighted by atomic mass is 16.6. The third-order valence-corrected chi connectivity index (χ3v) is 3.64. The van der Waals surface area contributed by atoms with Crippen molar-refractivity contribution >= 4 is 29.8 Å². The van der Waals surface area contributed by atoms with Crippen LogP contribution in [-0.2, 0) is 61.9 Å². The zero-order valence-corrected chi connectivity index (χ0v) is 21.9. The minimum atomic E-state index is -0.546. The number of rotatable bonds is 22. The summed E-state index contributed by atoms with van der Waals surface area (Å²) in [6, 6.07) is 0. The molecule has 0 unspecified atom stereocenters. The minimum Gasteiger partial charge on any atom is -0.460 e. The number of esters is 5. The van der Waals surface area contributed by atoms with Gasteiger partial charge in [0.2, 0.25) is 0 Å². The Bertz CT molecular complexity index is 756. The molecule has 0 atom stereocenters. The maximum atomic E-state index is 11.0. The van der Waals surface area contributed by atoms with E-state index in [4.69, 9.17) is 28.4 Å². The fraction of sp³-hybridized carbons (Fsp3) is 0.559. The van der Waals surface area contributed by atoms with Crippen molar-refractivity contribution in [2.24, 2.45) is 0 Å². The van der Waals surface area contributed by atoms with Crippen LogP contribution in [0.1, 0.15) is 59.4 Å². The molecule has 0 heterocycles. The lowest BCUT2D eigenvalue weighted by Crippen LogP contribution is -2.29. The molecule has 13 nitrogen and oxygen atoms in total. The summed E-state index contributed by atoms with van der Waals surface area (Å²) >= 11 is 0. The third kappa shape index (κ3) is 51.8. The summed E-state index contributed by atoms with van der Waals surface area (Å²) in [5.41, 5.74) is 0. The number of carbonyl (C=O) groups excluding carboxylic acids is 5. The highest BCUT2D eigenvalue weighted by Gasteiger charge is 2.11. The molecule has 0 aliphatic rings. The van der Waals surface area contributed by atoms with Gasteiger partial charge in [0.05, 0.1) is 33.0 Å². The fourth-order valence-electron chi connectivity index (χ4n) is 1.91.